The van der Waals surface area contributed by atoms with Crippen molar-refractivity contribution in [1.29, 1.82) is 0 Å². The van der Waals surface area contributed by atoms with Gasteiger partial charge in [-0.1, -0.05) is 118 Å². The third kappa shape index (κ3) is 34.0. The monoisotopic (exact) mass is 1730 g/mol. The van der Waals surface area contributed by atoms with Crippen LogP contribution in [0.1, 0.15) is 136 Å². The summed E-state index contributed by atoms with van der Waals surface area (Å²) in [5.74, 6) is 2.68. The van der Waals surface area contributed by atoms with Gasteiger partial charge >= 0.3 is 36.1 Å². The molecule has 0 aromatic heterocycles. The lowest BCUT2D eigenvalue weighted by Crippen LogP contribution is -2.51. The van der Waals surface area contributed by atoms with Gasteiger partial charge in [0, 0.05) is 38.3 Å². The van der Waals surface area contributed by atoms with Gasteiger partial charge < -0.3 is 106 Å². The minimum absolute atomic E-state index is 0.0110. The molecule has 8 aromatic carbocycles. The molecular formula is C98H114N2O26. The minimum atomic E-state index is -1.41. The van der Waals surface area contributed by atoms with Crippen LogP contribution < -0.4 is 48.5 Å². The highest BCUT2D eigenvalue weighted by Crippen LogP contribution is 2.46. The van der Waals surface area contributed by atoms with Crippen LogP contribution in [0.5, 0.6) is 46.0 Å². The highest BCUT2D eigenvalue weighted by Gasteiger charge is 2.43. The summed E-state index contributed by atoms with van der Waals surface area (Å²) in [4.78, 5) is 80.2. The maximum atomic E-state index is 14.1. The van der Waals surface area contributed by atoms with Gasteiger partial charge in [0.15, 0.2) is 12.7 Å². The second-order valence-electron chi connectivity index (χ2n) is 33.7. The molecule has 1 saturated carbocycles. The number of ether oxygens (including phenoxy) is 18. The molecule has 4 aliphatic heterocycles. The smallest absolute Gasteiger partial charge is 0.410 e. The molecule has 8 aromatic rings. The second kappa shape index (κ2) is 46.5. The molecule has 1 aliphatic carbocycles. The van der Waals surface area contributed by atoms with E-state index in [1.807, 2.05) is 177 Å². The largest absolute Gasteiger partial charge is 0.491 e. The standard InChI is InChI=1S/C98H114N2O26/c1-97(2)48-74(100-96(108)126-94(124-84-42-26-73(27-43-84)47-70-20-36-81(37-21-70)113-56-87-59-117-87)63-121-92(106)11-7-5-9-90(104)119-53-76(102)51-110-78-30-14-67(15-31-78)45-69-18-34-80(35-19-69)112-55-86-58-116-86)49-98(3,64-97)65-99-95(107)125-88(60-114-82-38-22-71(23-39-82)46-72-24-40-83(41-25-72)123-93-62-122-93)61-120-91(105)10-6-4-8-89(103)118-52-75(101)50-109-77-28-12-66(13-29-77)44-68-16-32-79(33-17-68)111-54-85-57-115-85/h12-43,74-76,85-88,93-94,101-102H,4-11,44-65H2,1-3H3,(H,99,107)(H,100,108). The van der Waals surface area contributed by atoms with Gasteiger partial charge in [0.25, 0.3) is 6.29 Å². The average Bonchev–Trinajstić information content (AvgIpc) is 1.16. The Labute approximate surface area is 734 Å². The highest BCUT2D eigenvalue weighted by molar-refractivity contribution is 5.72. The lowest BCUT2D eigenvalue weighted by atomic mass is 9.62. The van der Waals surface area contributed by atoms with E-state index in [1.54, 1.807) is 24.3 Å². The number of benzene rings is 8. The molecule has 2 amide bonds. The summed E-state index contributed by atoms with van der Waals surface area (Å²) in [6.07, 6.45) is -0.747. The molecule has 13 rings (SSSR count). The van der Waals surface area contributed by atoms with Crippen LogP contribution in [0.2, 0.25) is 0 Å². The van der Waals surface area contributed by atoms with E-state index in [0.717, 1.165) is 80.7 Å². The van der Waals surface area contributed by atoms with Gasteiger partial charge in [0.2, 0.25) is 6.29 Å². The van der Waals surface area contributed by atoms with Crippen molar-refractivity contribution in [2.24, 2.45) is 10.8 Å². The zero-order valence-electron chi connectivity index (χ0n) is 71.6. The molecule has 4 saturated heterocycles. The number of carbonyl (C=O) groups is 6. The number of esters is 4. The molecule has 10 unspecified atom stereocenters. The first kappa shape index (κ1) is 92.0. The summed E-state index contributed by atoms with van der Waals surface area (Å²) in [6.45, 7) is 8.84. The van der Waals surface area contributed by atoms with Crippen molar-refractivity contribution >= 4 is 36.1 Å². The van der Waals surface area contributed by atoms with Crippen LogP contribution in [0.4, 0.5) is 9.59 Å². The van der Waals surface area contributed by atoms with Crippen LogP contribution in [0.15, 0.2) is 194 Å². The van der Waals surface area contributed by atoms with Gasteiger partial charge in [0.05, 0.1) is 19.8 Å². The zero-order valence-corrected chi connectivity index (χ0v) is 71.6. The third-order valence-electron chi connectivity index (χ3n) is 21.3. The van der Waals surface area contributed by atoms with Crippen LogP contribution >= 0.6 is 0 Å². The van der Waals surface area contributed by atoms with Crippen molar-refractivity contribution in [2.75, 3.05) is 99.0 Å². The molecule has 0 spiro atoms. The Morgan fingerprint density at radius 3 is 1.06 bits per heavy atom. The first-order chi connectivity index (χ1) is 61.1. The number of nitrogens with one attached hydrogen (secondary N) is 2. The number of aliphatic hydroxyl groups excluding tert-OH is 2. The first-order valence-corrected chi connectivity index (χ1v) is 43.3. The molecule has 5 aliphatic rings. The Hall–Kier alpha value is -11.7. The molecular weight excluding hydrogens is 1620 g/mol. The fourth-order valence-electron chi connectivity index (χ4n) is 14.6. The number of rotatable bonds is 53. The Bertz CT molecular complexity index is 4710. The minimum Gasteiger partial charge on any atom is -0.491 e. The quantitative estimate of drug-likeness (QED) is 0.00904. The summed E-state index contributed by atoms with van der Waals surface area (Å²) in [5, 5.41) is 27.1. The average molecular weight is 1740 g/mol. The SMILES string of the molecule is CC1(C)CC(NC(=O)OC(COC(=O)CCCCC(=O)OCC(O)COc2ccc(Cc3ccc(OCC4CO4)cc3)cc2)Oc2ccc(Cc3ccc(OCC4CO4)cc3)cc2)CC(C)(CNC(=O)OC(COC(=O)CCCCC(=O)OCC(O)COc2ccc(Cc3ccc(OCC4CO4)cc3)cc2)COc2ccc(Cc3ccc(OC4CO4)cc3)cc2)C1. The number of amides is 2. The number of hydrogen-bond acceptors (Lipinski definition) is 26. The molecule has 126 heavy (non-hydrogen) atoms. The molecule has 4 N–H and O–H groups in total. The molecule has 28 heteroatoms. The van der Waals surface area contributed by atoms with Crippen LogP contribution in [-0.2, 0) is 92.2 Å². The summed E-state index contributed by atoms with van der Waals surface area (Å²) in [6, 6.07) is 60.8. The fraction of sp³-hybridized carbons (Fsp3) is 0.449. The number of unbranched alkanes of at least 4 members (excludes halogenated alkanes) is 2. The van der Waals surface area contributed by atoms with Crippen molar-refractivity contribution in [3.8, 4) is 46.0 Å². The third-order valence-corrected chi connectivity index (χ3v) is 21.3. The van der Waals surface area contributed by atoms with Gasteiger partial charge in [-0.05, 0) is 223 Å². The van der Waals surface area contributed by atoms with E-state index in [0.29, 0.717) is 107 Å². The van der Waals surface area contributed by atoms with Gasteiger partial charge in [-0.25, -0.2) is 9.59 Å². The van der Waals surface area contributed by atoms with E-state index in [4.69, 9.17) is 85.3 Å². The molecule has 0 radical (unpaired) electrons. The normalized spacial score (nSPS) is 19.0. The topological polar surface area (TPSA) is 346 Å². The van der Waals surface area contributed by atoms with Crippen molar-refractivity contribution in [1.82, 2.24) is 10.6 Å². The Balaban J connectivity index is 0.550. The Morgan fingerprint density at radius 2 is 0.698 bits per heavy atom. The van der Waals surface area contributed by atoms with E-state index >= 15 is 0 Å². The van der Waals surface area contributed by atoms with Crippen molar-refractivity contribution in [2.45, 2.75) is 172 Å². The van der Waals surface area contributed by atoms with E-state index in [9.17, 15) is 39.0 Å². The lowest BCUT2D eigenvalue weighted by molar-refractivity contribution is -0.154. The number of hydrogen-bond donors (Lipinski definition) is 4. The Morgan fingerprint density at radius 1 is 0.373 bits per heavy atom. The molecule has 0 bridgehead atoms. The fourth-order valence-corrected chi connectivity index (χ4v) is 14.6. The number of alkyl carbamates (subject to hydrolysis) is 2. The van der Waals surface area contributed by atoms with Gasteiger partial charge in [-0.3, -0.25) is 19.2 Å². The van der Waals surface area contributed by atoms with Crippen LogP contribution in [0, 0.1) is 10.8 Å². The van der Waals surface area contributed by atoms with Crippen molar-refractivity contribution in [3.63, 3.8) is 0 Å². The molecule has 10 atom stereocenters. The molecule has 672 valence electrons. The number of epoxide rings is 4. The summed E-state index contributed by atoms with van der Waals surface area (Å²) >= 11 is 0. The van der Waals surface area contributed by atoms with Crippen LogP contribution in [0.25, 0.3) is 0 Å². The van der Waals surface area contributed by atoms with Crippen LogP contribution in [-0.4, -0.2) is 201 Å². The van der Waals surface area contributed by atoms with Gasteiger partial charge in [-0.15, -0.1) is 0 Å². The highest BCUT2D eigenvalue weighted by atomic mass is 16.8. The molecule has 28 nitrogen and oxygen atoms in total. The van der Waals surface area contributed by atoms with E-state index in [2.05, 4.69) is 24.5 Å². The zero-order chi connectivity index (χ0) is 87.9. The summed E-state index contributed by atoms with van der Waals surface area (Å²) in [5.41, 5.74) is 7.53. The predicted octanol–water partition coefficient (Wildman–Crippen LogP) is 13.5. The first-order valence-electron chi connectivity index (χ1n) is 43.3. The van der Waals surface area contributed by atoms with Crippen molar-refractivity contribution in [3.05, 3.63) is 239 Å². The van der Waals surface area contributed by atoms with Gasteiger partial charge in [0.1, 0.15) is 143 Å². The maximum absolute atomic E-state index is 14.1. The summed E-state index contributed by atoms with van der Waals surface area (Å²) in [7, 11) is 0. The predicted molar refractivity (Wildman–Crippen MR) is 460 cm³/mol. The maximum Gasteiger partial charge on any atom is 0.410 e. The number of carbonyl (C=O) groups excluding carboxylic acids is 6. The van der Waals surface area contributed by atoms with Gasteiger partial charge in [-0.2, -0.15) is 0 Å². The van der Waals surface area contributed by atoms with E-state index < -0.39 is 78.7 Å². The lowest BCUT2D eigenvalue weighted by Gasteiger charge is -2.46. The molecule has 5 fully saturated rings. The van der Waals surface area contributed by atoms with Crippen molar-refractivity contribution < 1.29 is 124 Å². The number of aliphatic hydroxyl groups is 2. The summed E-state index contributed by atoms with van der Waals surface area (Å²) < 4.78 is 102. The molecule has 4 heterocycles. The van der Waals surface area contributed by atoms with Crippen LogP contribution in [0.3, 0.4) is 0 Å². The second-order valence-corrected chi connectivity index (χ2v) is 33.7. The van der Waals surface area contributed by atoms with E-state index in [-0.39, 0.29) is 121 Å². The van der Waals surface area contributed by atoms with E-state index in [1.165, 1.54) is 0 Å². The Kier molecular flexibility index (Phi) is 34.0.